The Morgan fingerprint density at radius 3 is 1.96 bits per heavy atom. The van der Waals surface area contributed by atoms with E-state index >= 15 is 0 Å². The van der Waals surface area contributed by atoms with Crippen LogP contribution in [0.15, 0.2) is 0 Å². The van der Waals surface area contributed by atoms with Gasteiger partial charge >= 0.3 is 18.2 Å². The largest absolute Gasteiger partial charge is 0.508 e. The average Bonchev–Trinajstić information content (AvgIpc) is 2.95. The monoisotopic (exact) mass is 650 g/mol. The van der Waals surface area contributed by atoms with Crippen molar-refractivity contribution in [3.63, 3.8) is 0 Å². The first-order valence-electron chi connectivity index (χ1n) is 16.7. The highest BCUT2D eigenvalue weighted by atomic mass is 16.8. The minimum absolute atomic E-state index is 0.125. The predicted molar refractivity (Wildman–Crippen MR) is 175 cm³/mol. The Bertz CT molecular complexity index is 804. The van der Waals surface area contributed by atoms with Crippen LogP contribution in [0.4, 0.5) is 9.59 Å². The number of amides is 1. The Hall–Kier alpha value is -2.15. The summed E-state index contributed by atoms with van der Waals surface area (Å²) in [5.41, 5.74) is 0. The fourth-order valence-corrected chi connectivity index (χ4v) is 5.63. The van der Waals surface area contributed by atoms with Gasteiger partial charge in [0.1, 0.15) is 0 Å². The van der Waals surface area contributed by atoms with Gasteiger partial charge in [-0.25, -0.2) is 9.59 Å². The number of nitrogens with zero attached hydrogens (tertiary/aromatic N) is 2. The van der Waals surface area contributed by atoms with Crippen LogP contribution in [-0.2, 0) is 19.0 Å². The maximum absolute atomic E-state index is 12.3. The molecular formula is C33H66N2O10. The zero-order valence-corrected chi connectivity index (χ0v) is 30.1. The van der Waals surface area contributed by atoms with Gasteiger partial charge in [0, 0.05) is 31.5 Å². The topological polar surface area (TPSA) is 166 Å². The molecule has 1 heterocycles. The minimum atomic E-state index is -1.53. The van der Waals surface area contributed by atoms with Crippen molar-refractivity contribution < 1.29 is 49.0 Å². The summed E-state index contributed by atoms with van der Waals surface area (Å²) in [5.74, 6) is -1.40. The third kappa shape index (κ3) is 19.2. The van der Waals surface area contributed by atoms with Crippen LogP contribution >= 0.6 is 0 Å². The van der Waals surface area contributed by atoms with Crippen LogP contribution in [0, 0.1) is 23.7 Å². The second-order valence-corrected chi connectivity index (χ2v) is 12.7. The van der Waals surface area contributed by atoms with Gasteiger partial charge in [0.2, 0.25) is 0 Å². The molecule has 0 aromatic rings. The van der Waals surface area contributed by atoms with Crippen molar-refractivity contribution in [1.29, 1.82) is 0 Å². The van der Waals surface area contributed by atoms with Crippen LogP contribution in [0.5, 0.6) is 0 Å². The number of esters is 1. The highest BCUT2D eigenvalue weighted by Crippen LogP contribution is 2.26. The van der Waals surface area contributed by atoms with E-state index in [0.29, 0.717) is 31.3 Å². The van der Waals surface area contributed by atoms with Crippen LogP contribution in [-0.4, -0.2) is 106 Å². The summed E-state index contributed by atoms with van der Waals surface area (Å²) >= 11 is 0. The van der Waals surface area contributed by atoms with Gasteiger partial charge in [-0.1, -0.05) is 54.9 Å². The molecule has 1 amide bonds. The fourth-order valence-electron chi connectivity index (χ4n) is 5.63. The summed E-state index contributed by atoms with van der Waals surface area (Å²) in [6.45, 7) is 19.5. The molecule has 1 fully saturated rings. The Labute approximate surface area is 272 Å². The molecular weight excluding hydrogens is 584 g/mol. The lowest BCUT2D eigenvalue weighted by Crippen LogP contribution is -2.41. The standard InChI is InChI=1S/C23H43NO8.C8H17NO2.C2H6/c1-8-10-14(3)13-24(22(27)28)17(6)12-15(4)11-16(5)20(25)18(7)21(26)31-19(9-2)32-23(29)30;1-6-4-7(9(2)3)5-8(10)11-6;1-2/h14-20,25H,8-13H2,1-7H3,(H,27,28)(H,29,30);6-8,10H,4-5H2,1-3H3;1-2H3/t14-,15?,16?,17-,18?,19?,20?;;/m1../s1. The van der Waals surface area contributed by atoms with Gasteiger partial charge in [-0.2, -0.15) is 0 Å². The van der Waals surface area contributed by atoms with Gasteiger partial charge in [-0.15, -0.1) is 0 Å². The Morgan fingerprint density at radius 2 is 1.51 bits per heavy atom. The van der Waals surface area contributed by atoms with Crippen molar-refractivity contribution in [3.05, 3.63) is 0 Å². The van der Waals surface area contributed by atoms with E-state index in [1.165, 1.54) is 11.8 Å². The maximum Gasteiger partial charge on any atom is 0.508 e. The molecule has 0 bridgehead atoms. The van der Waals surface area contributed by atoms with Crippen LogP contribution in [0.1, 0.15) is 114 Å². The molecule has 45 heavy (non-hydrogen) atoms. The number of carboxylic acid groups (broad SMARTS) is 2. The highest BCUT2D eigenvalue weighted by Gasteiger charge is 2.32. The quantitative estimate of drug-likeness (QED) is 0.110. The first-order valence-corrected chi connectivity index (χ1v) is 16.7. The number of hydrogen-bond acceptors (Lipinski definition) is 9. The molecule has 12 nitrogen and oxygen atoms in total. The normalized spacial score (nSPS) is 22.5. The number of rotatable bonds is 16. The van der Waals surface area contributed by atoms with E-state index in [1.807, 2.05) is 55.6 Å². The summed E-state index contributed by atoms with van der Waals surface area (Å²) in [6.07, 6.45) is 0.122. The van der Waals surface area contributed by atoms with Crippen molar-refractivity contribution in [2.45, 2.75) is 151 Å². The van der Waals surface area contributed by atoms with Gasteiger partial charge in [0.05, 0.1) is 18.1 Å². The zero-order valence-electron chi connectivity index (χ0n) is 30.1. The molecule has 8 unspecified atom stereocenters. The fraction of sp³-hybridized carbons (Fsp3) is 0.909. The van der Waals surface area contributed by atoms with Gasteiger partial charge < -0.3 is 44.4 Å². The van der Waals surface area contributed by atoms with Crippen molar-refractivity contribution in [2.24, 2.45) is 23.7 Å². The molecule has 0 aliphatic carbocycles. The second kappa shape index (κ2) is 24.1. The molecule has 1 saturated heterocycles. The van der Waals surface area contributed by atoms with E-state index in [4.69, 9.17) is 14.6 Å². The maximum atomic E-state index is 12.3. The third-order valence-corrected chi connectivity index (χ3v) is 8.06. The summed E-state index contributed by atoms with van der Waals surface area (Å²) in [5, 5.41) is 38.2. The molecule has 0 aromatic carbocycles. The first kappa shape index (κ1) is 45.0. The van der Waals surface area contributed by atoms with E-state index in [1.54, 1.807) is 6.92 Å². The number of ether oxygens (including phenoxy) is 3. The first-order chi connectivity index (χ1) is 20.9. The van der Waals surface area contributed by atoms with E-state index in [2.05, 4.69) is 23.5 Å². The Morgan fingerprint density at radius 1 is 0.933 bits per heavy atom. The summed E-state index contributed by atoms with van der Waals surface area (Å²) in [7, 11) is 4.07. The second-order valence-electron chi connectivity index (χ2n) is 12.7. The third-order valence-electron chi connectivity index (χ3n) is 8.06. The highest BCUT2D eigenvalue weighted by molar-refractivity contribution is 5.73. The SMILES string of the molecule is CC.CC1CC(N(C)C)CC(O)O1.CCC[C@@H](C)CN(C(=O)O)[C@H](C)CC(C)CC(C)C(O)C(C)C(=O)OC(CC)OC(=O)O. The summed E-state index contributed by atoms with van der Waals surface area (Å²) < 4.78 is 14.7. The summed E-state index contributed by atoms with van der Waals surface area (Å²) in [4.78, 5) is 38.3. The van der Waals surface area contributed by atoms with E-state index < -0.39 is 42.8 Å². The van der Waals surface area contributed by atoms with Crippen LogP contribution in [0.25, 0.3) is 0 Å². The predicted octanol–water partition coefficient (Wildman–Crippen LogP) is 6.27. The molecule has 1 aliphatic rings. The lowest BCUT2D eigenvalue weighted by Gasteiger charge is -2.34. The molecule has 0 saturated carbocycles. The average molecular weight is 651 g/mol. The molecule has 1 aliphatic heterocycles. The van der Waals surface area contributed by atoms with Gasteiger partial charge in [0.25, 0.3) is 6.29 Å². The van der Waals surface area contributed by atoms with Crippen LogP contribution in [0.3, 0.4) is 0 Å². The smallest absolute Gasteiger partial charge is 0.465 e. The van der Waals surface area contributed by atoms with Crippen molar-refractivity contribution in [3.8, 4) is 0 Å². The Balaban J connectivity index is 0. The number of carbonyl (C=O) groups is 3. The van der Waals surface area contributed by atoms with E-state index in [9.17, 15) is 29.7 Å². The zero-order chi connectivity index (χ0) is 35.4. The molecule has 10 atom stereocenters. The molecule has 0 radical (unpaired) electrons. The molecule has 0 aromatic heterocycles. The number of aliphatic hydroxyl groups excluding tert-OH is 2. The van der Waals surface area contributed by atoms with Crippen molar-refractivity contribution in [2.75, 3.05) is 20.6 Å². The minimum Gasteiger partial charge on any atom is -0.465 e. The number of aliphatic hydroxyl groups is 2. The van der Waals surface area contributed by atoms with Crippen molar-refractivity contribution in [1.82, 2.24) is 9.80 Å². The number of hydrogen-bond donors (Lipinski definition) is 4. The molecule has 1 rings (SSSR count). The van der Waals surface area contributed by atoms with Gasteiger partial charge in [-0.05, 0) is 78.3 Å². The number of carbonyl (C=O) groups excluding carboxylic acids is 1. The lowest BCUT2D eigenvalue weighted by molar-refractivity contribution is -0.179. The van der Waals surface area contributed by atoms with Crippen molar-refractivity contribution >= 4 is 18.2 Å². The molecule has 268 valence electrons. The molecule has 12 heteroatoms. The summed E-state index contributed by atoms with van der Waals surface area (Å²) in [6, 6.07) is 0.306. The Kier molecular flexibility index (Phi) is 24.1. The van der Waals surface area contributed by atoms with Crippen LogP contribution < -0.4 is 0 Å². The molecule has 4 N–H and O–H groups in total. The molecule has 0 spiro atoms. The van der Waals surface area contributed by atoms with E-state index in [0.717, 1.165) is 25.7 Å². The van der Waals surface area contributed by atoms with Gasteiger partial charge in [0.15, 0.2) is 6.29 Å². The van der Waals surface area contributed by atoms with E-state index in [-0.39, 0.29) is 30.4 Å². The van der Waals surface area contributed by atoms with Gasteiger partial charge in [-0.3, -0.25) is 4.79 Å². The lowest BCUT2D eigenvalue weighted by atomic mass is 9.84. The van der Waals surface area contributed by atoms with Crippen LogP contribution in [0.2, 0.25) is 0 Å².